The summed E-state index contributed by atoms with van der Waals surface area (Å²) in [5.74, 6) is 0. The van der Waals surface area contributed by atoms with Gasteiger partial charge in [-0.1, -0.05) is 102 Å². The zero-order valence-electron chi connectivity index (χ0n) is 20.9. The highest BCUT2D eigenvalue weighted by molar-refractivity contribution is 5.73. The molecule has 0 bridgehead atoms. The van der Waals surface area contributed by atoms with Crippen LogP contribution in [0.4, 0.5) is 17.1 Å². The number of nitrogens with zero attached hydrogens (tertiary/aromatic N) is 2. The third kappa shape index (κ3) is 11.2. The normalized spacial score (nSPS) is 11.1. The second kappa shape index (κ2) is 16.4. The maximum absolute atomic E-state index is 11.1. The van der Waals surface area contributed by atoms with Gasteiger partial charge in [0.15, 0.2) is 0 Å². The van der Waals surface area contributed by atoms with Crippen LogP contribution in [0, 0.1) is 20.2 Å². The van der Waals surface area contributed by atoms with Crippen LogP contribution < -0.4 is 5.32 Å². The fourth-order valence-electron chi connectivity index (χ4n) is 4.05. The average molecular weight is 482 g/mol. The molecule has 0 aromatic heterocycles. The smallest absolute Gasteiger partial charge is 0.346 e. The van der Waals surface area contributed by atoms with Crippen LogP contribution in [0.5, 0.6) is 0 Å². The summed E-state index contributed by atoms with van der Waals surface area (Å²) in [4.78, 5) is 20.6. The van der Waals surface area contributed by atoms with Gasteiger partial charge in [-0.25, -0.2) is 0 Å². The van der Waals surface area contributed by atoms with Crippen molar-refractivity contribution in [3.05, 3.63) is 73.8 Å². The van der Waals surface area contributed by atoms with Crippen molar-refractivity contribution in [2.24, 2.45) is 0 Å². The topological polar surface area (TPSA) is 98.3 Å². The van der Waals surface area contributed by atoms with Gasteiger partial charge in [-0.3, -0.25) is 20.2 Å². The molecular formula is C28H39N3O4. The minimum atomic E-state index is -0.741. The Labute approximate surface area is 208 Å². The van der Waals surface area contributed by atoms with E-state index in [0.29, 0.717) is 5.56 Å². The van der Waals surface area contributed by atoms with Crippen molar-refractivity contribution >= 4 is 29.2 Å². The highest BCUT2D eigenvalue weighted by Gasteiger charge is 2.23. The van der Waals surface area contributed by atoms with Crippen molar-refractivity contribution in [3.63, 3.8) is 0 Å². The molecular weight excluding hydrogens is 442 g/mol. The van der Waals surface area contributed by atoms with Gasteiger partial charge in [-0.05, 0) is 35.7 Å². The molecule has 35 heavy (non-hydrogen) atoms. The van der Waals surface area contributed by atoms with E-state index in [2.05, 4.69) is 12.2 Å². The second-order valence-electron chi connectivity index (χ2n) is 9.03. The maximum atomic E-state index is 11.1. The van der Waals surface area contributed by atoms with E-state index in [4.69, 9.17) is 0 Å². The molecule has 7 heteroatoms. The number of nitro groups is 2. The lowest BCUT2D eigenvalue weighted by Crippen LogP contribution is -2.01. The highest BCUT2D eigenvalue weighted by atomic mass is 16.6. The molecule has 0 atom stereocenters. The Bertz CT molecular complexity index is 942. The molecule has 7 nitrogen and oxygen atoms in total. The first kappa shape index (κ1) is 28.0. The van der Waals surface area contributed by atoms with Gasteiger partial charge in [0, 0.05) is 24.4 Å². The average Bonchev–Trinajstić information content (AvgIpc) is 2.86. The van der Waals surface area contributed by atoms with Crippen LogP contribution >= 0.6 is 0 Å². The van der Waals surface area contributed by atoms with Crippen LogP contribution in [-0.2, 0) is 0 Å². The number of nitro benzene ring substituents is 2. The lowest BCUT2D eigenvalue weighted by Gasteiger charge is -2.07. The fraction of sp³-hybridized carbons (Fsp3) is 0.500. The number of hydrogen-bond acceptors (Lipinski definition) is 5. The summed E-state index contributed by atoms with van der Waals surface area (Å²) in [5.41, 5.74) is 1.54. The van der Waals surface area contributed by atoms with Gasteiger partial charge in [0.25, 0.3) is 0 Å². The van der Waals surface area contributed by atoms with E-state index in [1.165, 1.54) is 88.8 Å². The van der Waals surface area contributed by atoms with Crippen LogP contribution in [0.1, 0.15) is 95.1 Å². The molecule has 0 heterocycles. The summed E-state index contributed by atoms with van der Waals surface area (Å²) in [6, 6.07) is 11.9. The van der Waals surface area contributed by atoms with Gasteiger partial charge in [-0.2, -0.15) is 0 Å². The molecule has 0 aliphatic carbocycles. The largest absolute Gasteiger partial charge is 0.385 e. The Hall–Kier alpha value is -3.22. The molecule has 190 valence electrons. The lowest BCUT2D eigenvalue weighted by molar-refractivity contribution is -0.422. The molecule has 2 aromatic carbocycles. The zero-order valence-corrected chi connectivity index (χ0v) is 20.9. The van der Waals surface area contributed by atoms with Crippen molar-refractivity contribution in [2.75, 3.05) is 11.9 Å². The Morgan fingerprint density at radius 3 is 1.69 bits per heavy atom. The van der Waals surface area contributed by atoms with E-state index < -0.39 is 21.2 Å². The lowest BCUT2D eigenvalue weighted by atomic mass is 10.1. The van der Waals surface area contributed by atoms with E-state index in [0.717, 1.165) is 24.2 Å². The number of rotatable bonds is 18. The van der Waals surface area contributed by atoms with Gasteiger partial charge in [0.05, 0.1) is 9.85 Å². The summed E-state index contributed by atoms with van der Waals surface area (Å²) in [6.45, 7) is 3.22. The first-order valence-electron chi connectivity index (χ1n) is 13.0. The van der Waals surface area contributed by atoms with E-state index in [-0.39, 0.29) is 0 Å². The van der Waals surface area contributed by atoms with Crippen LogP contribution in [0.3, 0.4) is 0 Å². The first-order chi connectivity index (χ1) is 17.0. The molecule has 0 aliphatic heterocycles. The Morgan fingerprint density at radius 1 is 0.657 bits per heavy atom. The number of unbranched alkanes of at least 4 members (excludes halogenated alkanes) is 11. The molecule has 1 N–H and O–H groups in total. The minimum absolute atomic E-state index is 0.504. The maximum Gasteiger partial charge on any atom is 0.346 e. The standard InChI is InChI=1S/C28H39N3O4/c1-2-3-4-5-6-7-8-9-10-11-12-13-22-29-26-19-16-24(17-20-26)14-15-25-18-21-27(30(32)33)28(23-25)31(34)35/h14-21,23,29H,2-13,22H2,1H3. The van der Waals surface area contributed by atoms with Gasteiger partial charge in [0.2, 0.25) is 0 Å². The summed E-state index contributed by atoms with van der Waals surface area (Å²) in [6.07, 6.45) is 19.7. The van der Waals surface area contributed by atoms with Crippen molar-refractivity contribution in [1.82, 2.24) is 0 Å². The van der Waals surface area contributed by atoms with Gasteiger partial charge >= 0.3 is 11.4 Å². The van der Waals surface area contributed by atoms with Crippen molar-refractivity contribution in [3.8, 4) is 0 Å². The van der Waals surface area contributed by atoms with E-state index in [9.17, 15) is 20.2 Å². The molecule has 0 saturated carbocycles. The molecule has 0 amide bonds. The Morgan fingerprint density at radius 2 is 1.14 bits per heavy atom. The van der Waals surface area contributed by atoms with Crippen molar-refractivity contribution in [2.45, 2.75) is 84.0 Å². The minimum Gasteiger partial charge on any atom is -0.385 e. The molecule has 0 fully saturated rings. The van der Waals surface area contributed by atoms with Gasteiger partial charge < -0.3 is 5.32 Å². The van der Waals surface area contributed by atoms with E-state index in [1.54, 1.807) is 6.08 Å². The SMILES string of the molecule is CCCCCCCCCCCCCCNc1ccc(C=Cc2ccc([N+](=O)[O-])c([N+](=O)[O-])c2)cc1. The van der Waals surface area contributed by atoms with E-state index in [1.807, 2.05) is 30.3 Å². The van der Waals surface area contributed by atoms with Crippen molar-refractivity contribution < 1.29 is 9.85 Å². The zero-order chi connectivity index (χ0) is 25.3. The summed E-state index contributed by atoms with van der Waals surface area (Å²) in [7, 11) is 0. The monoisotopic (exact) mass is 481 g/mol. The van der Waals surface area contributed by atoms with E-state index >= 15 is 0 Å². The summed E-state index contributed by atoms with van der Waals surface area (Å²) >= 11 is 0. The third-order valence-corrected chi connectivity index (χ3v) is 6.13. The quantitative estimate of drug-likeness (QED) is 0.0992. The van der Waals surface area contributed by atoms with Crippen LogP contribution in [0.2, 0.25) is 0 Å². The molecule has 0 spiro atoms. The molecule has 0 radical (unpaired) electrons. The first-order valence-corrected chi connectivity index (χ1v) is 13.0. The van der Waals surface area contributed by atoms with Gasteiger partial charge in [-0.15, -0.1) is 0 Å². The van der Waals surface area contributed by atoms with Crippen LogP contribution in [0.15, 0.2) is 42.5 Å². The summed E-state index contributed by atoms with van der Waals surface area (Å²) < 4.78 is 0. The Balaban J connectivity index is 1.63. The number of benzene rings is 2. The third-order valence-electron chi connectivity index (χ3n) is 6.13. The van der Waals surface area contributed by atoms with Crippen molar-refractivity contribution in [1.29, 1.82) is 0 Å². The molecule has 0 aliphatic rings. The number of anilines is 1. The number of nitrogens with one attached hydrogen (secondary N) is 1. The molecule has 0 saturated heterocycles. The molecule has 2 rings (SSSR count). The molecule has 0 unspecified atom stereocenters. The predicted molar refractivity (Wildman–Crippen MR) is 145 cm³/mol. The molecule has 2 aromatic rings. The fourth-order valence-corrected chi connectivity index (χ4v) is 4.05. The number of hydrogen-bond donors (Lipinski definition) is 1. The summed E-state index contributed by atoms with van der Waals surface area (Å²) in [5, 5.41) is 25.5. The second-order valence-corrected chi connectivity index (χ2v) is 9.03. The van der Waals surface area contributed by atoms with Crippen LogP contribution in [0.25, 0.3) is 12.2 Å². The van der Waals surface area contributed by atoms with Crippen LogP contribution in [-0.4, -0.2) is 16.4 Å². The Kier molecular flexibility index (Phi) is 13.1. The predicted octanol–water partition coefficient (Wildman–Crippen LogP) is 8.79. The van der Waals surface area contributed by atoms with Gasteiger partial charge in [0.1, 0.15) is 0 Å². The highest BCUT2D eigenvalue weighted by Crippen LogP contribution is 2.28.